The van der Waals surface area contributed by atoms with E-state index in [1.807, 2.05) is 55.5 Å². The second-order valence-electron chi connectivity index (χ2n) is 11.0. The highest BCUT2D eigenvalue weighted by molar-refractivity contribution is 7.98. The minimum atomic E-state index is -0.112. The zero-order valence-electron chi connectivity index (χ0n) is 21.8. The first kappa shape index (κ1) is 26.2. The van der Waals surface area contributed by atoms with Crippen molar-refractivity contribution < 1.29 is 0 Å². The molecule has 1 aliphatic heterocycles. The molecule has 0 bridgehead atoms. The first-order chi connectivity index (χ1) is 17.5. The van der Waals surface area contributed by atoms with E-state index in [1.54, 1.807) is 16.4 Å². The number of hydrogen-bond acceptors (Lipinski definition) is 6. The molecular weight excluding hydrogens is 522 g/mol. The van der Waals surface area contributed by atoms with E-state index in [2.05, 4.69) is 38.1 Å². The minimum Gasteiger partial charge on any atom is -0.307 e. The van der Waals surface area contributed by atoms with Crippen molar-refractivity contribution in [3.05, 3.63) is 75.2 Å². The zero-order valence-corrected chi connectivity index (χ0v) is 24.2. The third kappa shape index (κ3) is 5.87. The van der Waals surface area contributed by atoms with E-state index < -0.39 is 0 Å². The number of aliphatic imine (C=N–C) groups is 1. The third-order valence-corrected chi connectivity index (χ3v) is 8.85. The lowest BCUT2D eigenvalue weighted by Crippen LogP contribution is -2.58. The van der Waals surface area contributed by atoms with Crippen molar-refractivity contribution in [3.63, 3.8) is 0 Å². The standard InChI is InChI=1S/C28H32ClN5OS2/c1-17(30-19-14-27(2,3)33-28(4,5)15-19)24-22(16-36-20-12-10-18(29)11-13-20)32-34(25(24)35)26-31-21-8-6-7-9-23(21)37-26/h6-13,19,32-33H,14-16H2,1-5H3. The number of aromatic amines is 1. The minimum absolute atomic E-state index is 0.0250. The van der Waals surface area contributed by atoms with Crippen molar-refractivity contribution in [2.75, 3.05) is 0 Å². The summed E-state index contributed by atoms with van der Waals surface area (Å²) in [6.07, 6.45) is 1.83. The monoisotopic (exact) mass is 553 g/mol. The molecule has 4 aromatic rings. The highest BCUT2D eigenvalue weighted by Gasteiger charge is 2.37. The molecule has 2 aromatic heterocycles. The van der Waals surface area contributed by atoms with Crippen LogP contribution >= 0.6 is 34.7 Å². The number of benzene rings is 2. The van der Waals surface area contributed by atoms with Crippen LogP contribution in [0.25, 0.3) is 15.3 Å². The van der Waals surface area contributed by atoms with E-state index in [9.17, 15) is 4.79 Å². The van der Waals surface area contributed by atoms with Crippen LogP contribution in [0.15, 0.2) is 63.2 Å². The van der Waals surface area contributed by atoms with Gasteiger partial charge in [0.1, 0.15) is 0 Å². The van der Waals surface area contributed by atoms with Crippen LogP contribution in [0.4, 0.5) is 0 Å². The Kier molecular flexibility index (Phi) is 7.13. The fourth-order valence-electron chi connectivity index (χ4n) is 5.43. The van der Waals surface area contributed by atoms with E-state index >= 15 is 0 Å². The van der Waals surface area contributed by atoms with Gasteiger partial charge in [0.15, 0.2) is 0 Å². The van der Waals surface area contributed by atoms with Crippen molar-refractivity contribution in [1.82, 2.24) is 20.1 Å². The molecule has 0 atom stereocenters. The van der Waals surface area contributed by atoms with Crippen molar-refractivity contribution in [3.8, 4) is 5.13 Å². The normalized spacial score (nSPS) is 17.9. The molecule has 3 heterocycles. The van der Waals surface area contributed by atoms with Gasteiger partial charge in [0.25, 0.3) is 5.56 Å². The predicted octanol–water partition coefficient (Wildman–Crippen LogP) is 6.84. The van der Waals surface area contributed by atoms with E-state index in [0.29, 0.717) is 21.5 Å². The lowest BCUT2D eigenvalue weighted by Gasteiger charge is -2.45. The summed E-state index contributed by atoms with van der Waals surface area (Å²) in [5, 5.41) is 8.43. The van der Waals surface area contributed by atoms with Gasteiger partial charge in [0.2, 0.25) is 5.13 Å². The average Bonchev–Trinajstić information content (AvgIpc) is 3.37. The fraction of sp³-hybridized carbons (Fsp3) is 0.393. The van der Waals surface area contributed by atoms with Gasteiger partial charge >= 0.3 is 0 Å². The maximum atomic E-state index is 13.8. The Bertz CT molecular complexity index is 1460. The molecule has 0 unspecified atom stereocenters. The Labute approximate surface area is 230 Å². The molecule has 6 nitrogen and oxygen atoms in total. The number of thiazole rings is 1. The molecular formula is C28H32ClN5OS2. The number of nitrogens with one attached hydrogen (secondary N) is 2. The van der Waals surface area contributed by atoms with Crippen molar-refractivity contribution in [2.24, 2.45) is 4.99 Å². The van der Waals surface area contributed by atoms with Crippen LogP contribution in [0, 0.1) is 0 Å². The number of nitrogens with zero attached hydrogens (tertiary/aromatic N) is 3. The van der Waals surface area contributed by atoms with E-state index in [1.165, 1.54) is 11.3 Å². The molecule has 0 aliphatic carbocycles. The van der Waals surface area contributed by atoms with Crippen molar-refractivity contribution in [1.29, 1.82) is 0 Å². The molecule has 1 aliphatic rings. The van der Waals surface area contributed by atoms with Crippen molar-refractivity contribution >= 4 is 50.6 Å². The lowest BCUT2D eigenvalue weighted by molar-refractivity contribution is 0.164. The number of hydrogen-bond donors (Lipinski definition) is 2. The number of aromatic nitrogens is 3. The summed E-state index contributed by atoms with van der Waals surface area (Å²) in [6.45, 7) is 10.8. The van der Waals surface area contributed by atoms with Gasteiger partial charge in [-0.05, 0) is 83.9 Å². The van der Waals surface area contributed by atoms with E-state index in [-0.39, 0.29) is 22.7 Å². The fourth-order valence-corrected chi connectivity index (χ4v) is 7.33. The quantitative estimate of drug-likeness (QED) is 0.202. The highest BCUT2D eigenvalue weighted by Crippen LogP contribution is 2.31. The number of fused-ring (bicyclic) bond motifs is 1. The van der Waals surface area contributed by atoms with Gasteiger partial charge in [-0.2, -0.15) is 4.68 Å². The van der Waals surface area contributed by atoms with Gasteiger partial charge in [-0.3, -0.25) is 14.9 Å². The summed E-state index contributed by atoms with van der Waals surface area (Å²) in [6, 6.07) is 15.8. The Morgan fingerprint density at radius 1 is 1.14 bits per heavy atom. The van der Waals surface area contributed by atoms with Gasteiger partial charge < -0.3 is 5.32 Å². The van der Waals surface area contributed by atoms with Gasteiger partial charge in [0, 0.05) is 32.5 Å². The number of rotatable bonds is 6. The van der Waals surface area contributed by atoms with Crippen LogP contribution in [-0.4, -0.2) is 37.6 Å². The van der Waals surface area contributed by atoms with Crippen LogP contribution in [0.3, 0.4) is 0 Å². The Hall–Kier alpha value is -2.39. The highest BCUT2D eigenvalue weighted by atomic mass is 35.5. The molecule has 2 N–H and O–H groups in total. The Balaban J connectivity index is 1.54. The van der Waals surface area contributed by atoms with Crippen LogP contribution in [-0.2, 0) is 5.75 Å². The molecule has 1 fully saturated rings. The summed E-state index contributed by atoms with van der Waals surface area (Å²) < 4.78 is 2.62. The number of para-hydroxylation sites is 1. The van der Waals surface area contributed by atoms with Crippen LogP contribution < -0.4 is 10.9 Å². The molecule has 9 heteroatoms. The van der Waals surface area contributed by atoms with Gasteiger partial charge in [-0.15, -0.1) is 11.8 Å². The molecule has 0 saturated carbocycles. The van der Waals surface area contributed by atoms with Gasteiger partial charge in [-0.1, -0.05) is 35.1 Å². The molecule has 1 saturated heterocycles. The van der Waals surface area contributed by atoms with E-state index in [4.69, 9.17) is 21.6 Å². The van der Waals surface area contributed by atoms with E-state index in [0.717, 1.165) is 39.4 Å². The van der Waals surface area contributed by atoms with Crippen molar-refractivity contribution in [2.45, 2.75) is 75.2 Å². The molecule has 0 spiro atoms. The second kappa shape index (κ2) is 10.1. The largest absolute Gasteiger partial charge is 0.307 e. The van der Waals surface area contributed by atoms with Crippen LogP contribution in [0.2, 0.25) is 5.02 Å². The van der Waals surface area contributed by atoms with Crippen LogP contribution in [0.5, 0.6) is 0 Å². The summed E-state index contributed by atoms with van der Waals surface area (Å²) in [5.74, 6) is 0.597. The zero-order chi connectivity index (χ0) is 26.4. The number of H-pyrrole nitrogens is 1. The molecule has 0 amide bonds. The maximum Gasteiger partial charge on any atom is 0.282 e. The number of piperidine rings is 1. The smallest absolute Gasteiger partial charge is 0.282 e. The molecule has 37 heavy (non-hydrogen) atoms. The average molecular weight is 554 g/mol. The Morgan fingerprint density at radius 3 is 2.49 bits per heavy atom. The SMILES string of the molecule is CC(=NC1CC(C)(C)NC(C)(C)C1)c1c(CSc2ccc(Cl)cc2)[nH]n(-c2nc3ccccc3s2)c1=O. The lowest BCUT2D eigenvalue weighted by atomic mass is 9.80. The summed E-state index contributed by atoms with van der Waals surface area (Å²) in [4.78, 5) is 24.8. The second-order valence-corrected chi connectivity index (χ2v) is 13.5. The predicted molar refractivity (Wildman–Crippen MR) is 157 cm³/mol. The van der Waals surface area contributed by atoms with Gasteiger partial charge in [-0.25, -0.2) is 4.98 Å². The number of halogens is 1. The molecule has 2 aromatic carbocycles. The number of thioether (sulfide) groups is 1. The molecule has 5 rings (SSSR count). The van der Waals surface area contributed by atoms with Crippen LogP contribution in [0.1, 0.15) is 58.7 Å². The topological polar surface area (TPSA) is 75.1 Å². The summed E-state index contributed by atoms with van der Waals surface area (Å²) >= 11 is 9.23. The summed E-state index contributed by atoms with van der Waals surface area (Å²) in [7, 11) is 0. The molecule has 0 radical (unpaired) electrons. The first-order valence-corrected chi connectivity index (χ1v) is 14.6. The first-order valence-electron chi connectivity index (χ1n) is 12.4. The third-order valence-electron chi connectivity index (χ3n) is 6.54. The van der Waals surface area contributed by atoms with Gasteiger partial charge in [0.05, 0.1) is 27.5 Å². The Morgan fingerprint density at radius 2 is 1.81 bits per heavy atom. The maximum absolute atomic E-state index is 13.8. The molecule has 194 valence electrons. The summed E-state index contributed by atoms with van der Waals surface area (Å²) in [5.41, 5.74) is 2.97.